The van der Waals surface area contributed by atoms with Gasteiger partial charge in [0.2, 0.25) is 5.88 Å². The first kappa shape index (κ1) is 21.2. The molecule has 2 heterocycles. The minimum atomic E-state index is -0.225. The van der Waals surface area contributed by atoms with Gasteiger partial charge in [0, 0.05) is 23.9 Å². The summed E-state index contributed by atoms with van der Waals surface area (Å²) in [5.74, 6) is 0.869. The Labute approximate surface area is 185 Å². The molecule has 0 spiro atoms. The zero-order chi connectivity index (χ0) is 22.7. The summed E-state index contributed by atoms with van der Waals surface area (Å²) in [6.07, 6.45) is 1.65. The molecule has 1 amide bonds. The summed E-state index contributed by atoms with van der Waals surface area (Å²) in [5, 5.41) is 3.45. The first-order valence-electron chi connectivity index (χ1n) is 10.4. The Morgan fingerprint density at radius 1 is 1.06 bits per heavy atom. The molecule has 0 aliphatic carbocycles. The fraction of sp³-hybridized carbons (Fsp3) is 0.200. The number of amides is 1. The van der Waals surface area contributed by atoms with Crippen molar-refractivity contribution in [1.82, 2.24) is 19.9 Å². The maximum absolute atomic E-state index is 13.0. The van der Waals surface area contributed by atoms with Gasteiger partial charge in [-0.2, -0.15) is 0 Å². The number of nitrogens with zero attached hydrogens (tertiary/aromatic N) is 3. The maximum atomic E-state index is 13.0. The van der Waals surface area contributed by atoms with Gasteiger partial charge in [-0.1, -0.05) is 18.2 Å². The Morgan fingerprint density at radius 2 is 1.81 bits per heavy atom. The third-order valence-electron chi connectivity index (χ3n) is 4.97. The molecule has 162 valence electrons. The summed E-state index contributed by atoms with van der Waals surface area (Å²) in [5.41, 5.74) is 2.47. The molecular formula is C25H24N4O3. The molecule has 0 unspecified atom stereocenters. The SMILES string of the molecule is Cc1nc2ccccc2c(=O)n1-c1ccc(C(=O)NCc2cccnc2OC(C)C)cc1. The van der Waals surface area contributed by atoms with Crippen molar-refractivity contribution in [3.05, 3.63) is 94.2 Å². The number of carbonyl (C=O) groups is 1. The fourth-order valence-electron chi connectivity index (χ4n) is 3.48. The molecule has 4 aromatic rings. The molecule has 0 saturated carbocycles. The van der Waals surface area contributed by atoms with Crippen LogP contribution in [0.15, 0.2) is 71.7 Å². The van der Waals surface area contributed by atoms with Crippen LogP contribution in [0.4, 0.5) is 0 Å². The van der Waals surface area contributed by atoms with Gasteiger partial charge in [-0.05, 0) is 63.2 Å². The van der Waals surface area contributed by atoms with Crippen molar-refractivity contribution >= 4 is 16.8 Å². The summed E-state index contributed by atoms with van der Waals surface area (Å²) in [6.45, 7) is 5.94. The number of hydrogen-bond acceptors (Lipinski definition) is 5. The van der Waals surface area contributed by atoms with E-state index in [1.54, 1.807) is 54.1 Å². The van der Waals surface area contributed by atoms with Crippen LogP contribution in [0.1, 0.15) is 35.6 Å². The number of carbonyl (C=O) groups excluding carboxylic acids is 1. The van der Waals surface area contributed by atoms with Crippen molar-refractivity contribution in [3.63, 3.8) is 0 Å². The standard InChI is InChI=1S/C25H24N4O3/c1-16(2)32-24-19(7-6-14-26-24)15-27-23(30)18-10-12-20(13-11-18)29-17(3)28-22-9-5-4-8-21(22)25(29)31/h4-14,16H,15H2,1-3H3,(H,27,30). The molecule has 2 aromatic heterocycles. The van der Waals surface area contributed by atoms with Gasteiger partial charge < -0.3 is 10.1 Å². The van der Waals surface area contributed by atoms with E-state index in [9.17, 15) is 9.59 Å². The lowest BCUT2D eigenvalue weighted by atomic mass is 10.1. The number of para-hydroxylation sites is 1. The van der Waals surface area contributed by atoms with Crippen LogP contribution in [0.5, 0.6) is 5.88 Å². The molecule has 0 atom stereocenters. The molecule has 0 saturated heterocycles. The van der Waals surface area contributed by atoms with E-state index in [1.807, 2.05) is 38.1 Å². The second-order valence-electron chi connectivity index (χ2n) is 7.68. The van der Waals surface area contributed by atoms with Crippen LogP contribution in [0.25, 0.3) is 16.6 Å². The molecule has 0 aliphatic heterocycles. The van der Waals surface area contributed by atoms with Crippen LogP contribution in [-0.4, -0.2) is 26.5 Å². The van der Waals surface area contributed by atoms with E-state index in [0.29, 0.717) is 40.4 Å². The second-order valence-corrected chi connectivity index (χ2v) is 7.68. The Morgan fingerprint density at radius 3 is 2.56 bits per heavy atom. The number of nitrogens with one attached hydrogen (secondary N) is 1. The molecule has 0 aliphatic rings. The van der Waals surface area contributed by atoms with Gasteiger partial charge in [0.1, 0.15) is 5.82 Å². The number of pyridine rings is 1. The van der Waals surface area contributed by atoms with Gasteiger partial charge in [0.15, 0.2) is 0 Å². The van der Waals surface area contributed by atoms with E-state index >= 15 is 0 Å². The third-order valence-corrected chi connectivity index (χ3v) is 4.97. The van der Waals surface area contributed by atoms with Gasteiger partial charge in [-0.25, -0.2) is 9.97 Å². The summed E-state index contributed by atoms with van der Waals surface area (Å²) in [4.78, 5) is 34.4. The van der Waals surface area contributed by atoms with Crippen LogP contribution in [0.2, 0.25) is 0 Å². The highest BCUT2D eigenvalue weighted by Crippen LogP contribution is 2.17. The average molecular weight is 428 g/mol. The van der Waals surface area contributed by atoms with Crippen molar-refractivity contribution < 1.29 is 9.53 Å². The molecule has 0 bridgehead atoms. The third kappa shape index (κ3) is 4.37. The van der Waals surface area contributed by atoms with Gasteiger partial charge in [0.25, 0.3) is 11.5 Å². The van der Waals surface area contributed by atoms with E-state index in [-0.39, 0.29) is 17.6 Å². The van der Waals surface area contributed by atoms with Crippen LogP contribution < -0.4 is 15.6 Å². The van der Waals surface area contributed by atoms with Crippen molar-refractivity contribution in [3.8, 4) is 11.6 Å². The van der Waals surface area contributed by atoms with Crippen molar-refractivity contribution in [1.29, 1.82) is 0 Å². The largest absolute Gasteiger partial charge is 0.475 e. The van der Waals surface area contributed by atoms with Crippen molar-refractivity contribution in [2.75, 3.05) is 0 Å². The van der Waals surface area contributed by atoms with Crippen LogP contribution in [0, 0.1) is 6.92 Å². The number of fused-ring (bicyclic) bond motifs is 1. The molecule has 7 nitrogen and oxygen atoms in total. The number of ether oxygens (including phenoxy) is 1. The zero-order valence-corrected chi connectivity index (χ0v) is 18.2. The van der Waals surface area contributed by atoms with Crippen LogP contribution in [-0.2, 0) is 6.54 Å². The zero-order valence-electron chi connectivity index (χ0n) is 18.2. The van der Waals surface area contributed by atoms with E-state index in [4.69, 9.17) is 4.74 Å². The lowest BCUT2D eigenvalue weighted by molar-refractivity contribution is 0.0950. The van der Waals surface area contributed by atoms with Crippen molar-refractivity contribution in [2.45, 2.75) is 33.4 Å². The van der Waals surface area contributed by atoms with Gasteiger partial charge in [-0.15, -0.1) is 0 Å². The summed E-state index contributed by atoms with van der Waals surface area (Å²) >= 11 is 0. The molecule has 1 N–H and O–H groups in total. The molecular weight excluding hydrogens is 404 g/mol. The normalized spacial score (nSPS) is 11.0. The minimum absolute atomic E-state index is 0.0108. The quantitative estimate of drug-likeness (QED) is 0.505. The van der Waals surface area contributed by atoms with E-state index < -0.39 is 0 Å². The predicted molar refractivity (Wildman–Crippen MR) is 123 cm³/mol. The summed E-state index contributed by atoms with van der Waals surface area (Å²) in [7, 11) is 0. The fourth-order valence-corrected chi connectivity index (χ4v) is 3.48. The monoisotopic (exact) mass is 428 g/mol. The Hall–Kier alpha value is -4.00. The number of aromatic nitrogens is 3. The maximum Gasteiger partial charge on any atom is 0.265 e. The average Bonchev–Trinajstić information content (AvgIpc) is 2.78. The summed E-state index contributed by atoms with van der Waals surface area (Å²) < 4.78 is 7.25. The molecule has 0 radical (unpaired) electrons. The Kier molecular flexibility index (Phi) is 5.98. The molecule has 32 heavy (non-hydrogen) atoms. The lowest BCUT2D eigenvalue weighted by Gasteiger charge is -2.14. The van der Waals surface area contributed by atoms with E-state index in [1.165, 1.54) is 0 Å². The Bertz CT molecular complexity index is 1330. The van der Waals surface area contributed by atoms with Gasteiger partial charge >= 0.3 is 0 Å². The highest BCUT2D eigenvalue weighted by molar-refractivity contribution is 5.94. The number of rotatable bonds is 6. The molecule has 2 aromatic carbocycles. The highest BCUT2D eigenvalue weighted by Gasteiger charge is 2.12. The Balaban J connectivity index is 1.53. The number of hydrogen-bond donors (Lipinski definition) is 1. The molecule has 4 rings (SSSR count). The van der Waals surface area contributed by atoms with Gasteiger partial charge in [0.05, 0.1) is 22.7 Å². The van der Waals surface area contributed by atoms with Crippen molar-refractivity contribution in [2.24, 2.45) is 0 Å². The number of aryl methyl sites for hydroxylation is 1. The summed E-state index contributed by atoms with van der Waals surface area (Å²) in [6, 6.07) is 17.8. The minimum Gasteiger partial charge on any atom is -0.475 e. The number of benzene rings is 2. The van der Waals surface area contributed by atoms with Crippen LogP contribution >= 0.6 is 0 Å². The topological polar surface area (TPSA) is 86.1 Å². The predicted octanol–water partition coefficient (Wildman–Crippen LogP) is 3.81. The first-order valence-corrected chi connectivity index (χ1v) is 10.4. The smallest absolute Gasteiger partial charge is 0.265 e. The van der Waals surface area contributed by atoms with Crippen LogP contribution in [0.3, 0.4) is 0 Å². The molecule has 7 heteroatoms. The molecule has 0 fully saturated rings. The second kappa shape index (κ2) is 9.01. The highest BCUT2D eigenvalue weighted by atomic mass is 16.5. The first-order chi connectivity index (χ1) is 15.4. The lowest BCUT2D eigenvalue weighted by Crippen LogP contribution is -2.24. The van der Waals surface area contributed by atoms with E-state index in [0.717, 1.165) is 5.56 Å². The van der Waals surface area contributed by atoms with Gasteiger partial charge in [-0.3, -0.25) is 14.2 Å². The van der Waals surface area contributed by atoms with E-state index in [2.05, 4.69) is 15.3 Å².